The van der Waals surface area contributed by atoms with Gasteiger partial charge in [0.05, 0.1) is 24.9 Å². The summed E-state index contributed by atoms with van der Waals surface area (Å²) in [7, 11) is 1.41. The van der Waals surface area contributed by atoms with Crippen LogP contribution in [0.25, 0.3) is 11.1 Å². The third-order valence-electron chi connectivity index (χ3n) is 8.57. The molecule has 12 heteroatoms. The van der Waals surface area contributed by atoms with Gasteiger partial charge in [-0.1, -0.05) is 78.9 Å². The van der Waals surface area contributed by atoms with Gasteiger partial charge in [0.25, 0.3) is 0 Å². The third kappa shape index (κ3) is 6.93. The van der Waals surface area contributed by atoms with Crippen LogP contribution in [-0.4, -0.2) is 67.7 Å². The number of alkyl carbamates (subject to hydrolysis) is 1. The van der Waals surface area contributed by atoms with Gasteiger partial charge in [-0.25, -0.2) is 14.4 Å². The molecule has 0 saturated carbocycles. The van der Waals surface area contributed by atoms with Crippen LogP contribution in [0.15, 0.2) is 97.1 Å². The topological polar surface area (TPSA) is 158 Å². The van der Waals surface area contributed by atoms with Gasteiger partial charge in [-0.3, -0.25) is 19.4 Å². The molecule has 1 heterocycles. The number of carbonyl (C=O) groups excluding carboxylic acids is 5. The molecule has 1 unspecified atom stereocenters. The third-order valence-corrected chi connectivity index (χ3v) is 8.57. The van der Waals surface area contributed by atoms with E-state index in [1.807, 2.05) is 78.9 Å². The molecule has 4 aromatic carbocycles. The van der Waals surface area contributed by atoms with Crippen LogP contribution >= 0.6 is 0 Å². The highest BCUT2D eigenvalue weighted by Gasteiger charge is 2.38. The Bertz CT molecular complexity index is 1870. The van der Waals surface area contributed by atoms with Crippen molar-refractivity contribution in [1.29, 1.82) is 0 Å². The summed E-state index contributed by atoms with van der Waals surface area (Å²) >= 11 is 0. The lowest BCUT2D eigenvalue weighted by molar-refractivity contribution is -0.129. The van der Waals surface area contributed by atoms with Crippen molar-refractivity contribution >= 4 is 35.6 Å². The number of hydrogen-bond acceptors (Lipinski definition) is 8. The fourth-order valence-electron chi connectivity index (χ4n) is 6.10. The molecular weight excluding hydrogens is 628 g/mol. The quantitative estimate of drug-likeness (QED) is 0.221. The van der Waals surface area contributed by atoms with Crippen molar-refractivity contribution in [3.05, 3.63) is 119 Å². The second-order valence-corrected chi connectivity index (χ2v) is 11.6. The lowest BCUT2D eigenvalue weighted by atomic mass is 9.98. The van der Waals surface area contributed by atoms with Gasteiger partial charge in [-0.15, -0.1) is 0 Å². The zero-order valence-corrected chi connectivity index (χ0v) is 26.7. The van der Waals surface area contributed by atoms with Gasteiger partial charge in [0, 0.05) is 18.9 Å². The van der Waals surface area contributed by atoms with Crippen molar-refractivity contribution in [2.24, 2.45) is 5.73 Å². The molecule has 1 aliphatic heterocycles. The summed E-state index contributed by atoms with van der Waals surface area (Å²) in [6.07, 6.45) is -1.03. The largest absolute Gasteiger partial charge is 0.495 e. The van der Waals surface area contributed by atoms with Crippen molar-refractivity contribution < 1.29 is 38.2 Å². The maximum Gasteiger partial charge on any atom is 0.407 e. The Balaban J connectivity index is 1.13. The number of fused-ring (bicyclic) bond motifs is 3. The molecule has 0 aromatic heterocycles. The van der Waals surface area contributed by atoms with Gasteiger partial charge in [-0.05, 0) is 46.0 Å². The highest BCUT2D eigenvalue weighted by atomic mass is 16.5. The summed E-state index contributed by atoms with van der Waals surface area (Å²) in [5.74, 6) is -2.10. The Morgan fingerprint density at radius 3 is 2.18 bits per heavy atom. The summed E-state index contributed by atoms with van der Waals surface area (Å²) in [4.78, 5) is 67.1. The number of carbonyl (C=O) groups is 5. The maximum absolute atomic E-state index is 13.7. The van der Waals surface area contributed by atoms with Crippen LogP contribution < -0.4 is 20.7 Å². The molecule has 0 radical (unpaired) electrons. The summed E-state index contributed by atoms with van der Waals surface area (Å²) in [6, 6.07) is 27.1. The number of hydrogen-bond donors (Lipinski definition) is 2. The van der Waals surface area contributed by atoms with E-state index in [4.69, 9.17) is 19.9 Å². The first-order chi connectivity index (χ1) is 23.7. The normalized spacial score (nSPS) is 14.5. The molecule has 12 nitrogen and oxygen atoms in total. The molecule has 1 aliphatic carbocycles. The fourth-order valence-corrected chi connectivity index (χ4v) is 6.10. The van der Waals surface area contributed by atoms with E-state index < -0.39 is 42.5 Å². The number of primary amides is 1. The number of benzene rings is 4. The lowest BCUT2D eigenvalue weighted by Gasteiger charge is -2.36. The minimum absolute atomic E-state index is 0.00931. The monoisotopic (exact) mass is 662 g/mol. The molecule has 1 saturated heterocycles. The molecule has 4 aromatic rings. The first-order valence-corrected chi connectivity index (χ1v) is 15.7. The van der Waals surface area contributed by atoms with Gasteiger partial charge in [0.15, 0.2) is 0 Å². The van der Waals surface area contributed by atoms with Crippen LogP contribution in [0.3, 0.4) is 0 Å². The molecule has 2 aliphatic rings. The van der Waals surface area contributed by atoms with Gasteiger partial charge in [0.2, 0.25) is 11.8 Å². The Labute approximate surface area is 282 Å². The van der Waals surface area contributed by atoms with Crippen molar-refractivity contribution in [3.63, 3.8) is 0 Å². The first-order valence-electron chi connectivity index (χ1n) is 15.7. The summed E-state index contributed by atoms with van der Waals surface area (Å²) in [5, 5.41) is 2.42. The van der Waals surface area contributed by atoms with Crippen LogP contribution in [0.1, 0.15) is 39.4 Å². The number of ether oxygens (including phenoxy) is 3. The zero-order valence-electron chi connectivity index (χ0n) is 26.7. The van der Waals surface area contributed by atoms with Crippen molar-refractivity contribution in [3.8, 4) is 16.9 Å². The van der Waals surface area contributed by atoms with E-state index in [-0.39, 0.29) is 49.1 Å². The first kappa shape index (κ1) is 32.8. The lowest BCUT2D eigenvalue weighted by Crippen LogP contribution is -2.59. The summed E-state index contributed by atoms with van der Waals surface area (Å²) < 4.78 is 16.5. The number of rotatable bonds is 11. The molecule has 250 valence electrons. The van der Waals surface area contributed by atoms with E-state index in [1.54, 1.807) is 0 Å². The average molecular weight is 663 g/mol. The number of urea groups is 1. The van der Waals surface area contributed by atoms with Gasteiger partial charge in [0.1, 0.15) is 25.0 Å². The Kier molecular flexibility index (Phi) is 9.56. The van der Waals surface area contributed by atoms with E-state index >= 15 is 0 Å². The maximum atomic E-state index is 13.7. The van der Waals surface area contributed by atoms with E-state index in [0.29, 0.717) is 0 Å². The highest BCUT2D eigenvalue weighted by Crippen LogP contribution is 2.44. The SMILES string of the molecule is COc1ccc(C(=O)OCc2ccccc2)cc1N1CCC(=O)N(CC(NC(=O)OCC2c3ccccc3-c3ccccc32)C(N)=O)C1=O. The van der Waals surface area contributed by atoms with Gasteiger partial charge >= 0.3 is 18.1 Å². The Morgan fingerprint density at radius 2 is 1.53 bits per heavy atom. The smallest absolute Gasteiger partial charge is 0.407 e. The number of esters is 1. The molecule has 0 bridgehead atoms. The molecule has 49 heavy (non-hydrogen) atoms. The average Bonchev–Trinajstić information content (AvgIpc) is 3.44. The molecule has 0 spiro atoms. The van der Waals surface area contributed by atoms with Crippen molar-refractivity contribution in [1.82, 2.24) is 10.2 Å². The summed E-state index contributed by atoms with van der Waals surface area (Å²) in [6.45, 7) is -0.509. The van der Waals surface area contributed by atoms with Crippen LogP contribution in [0.5, 0.6) is 5.75 Å². The second kappa shape index (κ2) is 14.3. The van der Waals surface area contributed by atoms with E-state index in [1.165, 1.54) is 30.2 Å². The predicted molar refractivity (Wildman–Crippen MR) is 179 cm³/mol. The van der Waals surface area contributed by atoms with Crippen LogP contribution in [0.4, 0.5) is 15.3 Å². The standard InChI is InChI=1S/C37H34N4O8/c1-47-32-16-15-24(35(44)48-21-23-9-3-2-4-10-23)19-31(32)40-18-17-33(42)41(37(40)46)20-30(34(38)43)39-36(45)49-22-29-27-13-7-5-11-25(27)26-12-6-8-14-28(26)29/h2-16,19,29-30H,17-18,20-22H2,1H3,(H2,38,43)(H,39,45). The van der Waals surface area contributed by atoms with Crippen LogP contribution in [-0.2, 0) is 25.7 Å². The van der Waals surface area contributed by atoms with Crippen molar-refractivity contribution in [2.75, 3.05) is 31.7 Å². The predicted octanol–water partition coefficient (Wildman–Crippen LogP) is 4.60. The zero-order chi connectivity index (χ0) is 34.5. The van der Waals surface area contributed by atoms with E-state index in [9.17, 15) is 24.0 Å². The van der Waals surface area contributed by atoms with E-state index in [2.05, 4.69) is 5.32 Å². The molecule has 6 rings (SSSR count). The molecule has 1 fully saturated rings. The summed E-state index contributed by atoms with van der Waals surface area (Å²) in [5.41, 5.74) is 10.9. The number of nitrogens with zero attached hydrogens (tertiary/aromatic N) is 2. The number of nitrogens with one attached hydrogen (secondary N) is 1. The number of anilines is 1. The molecular formula is C37H34N4O8. The van der Waals surface area contributed by atoms with E-state index in [0.717, 1.165) is 32.7 Å². The number of imide groups is 1. The minimum Gasteiger partial charge on any atom is -0.495 e. The van der Waals surface area contributed by atoms with Gasteiger partial charge < -0.3 is 25.3 Å². The Morgan fingerprint density at radius 1 is 0.878 bits per heavy atom. The second-order valence-electron chi connectivity index (χ2n) is 11.6. The number of nitrogens with two attached hydrogens (primary N) is 1. The number of methoxy groups -OCH3 is 1. The van der Waals surface area contributed by atoms with Crippen LogP contribution in [0, 0.1) is 0 Å². The molecule has 3 N–H and O–H groups in total. The molecule has 5 amide bonds. The van der Waals surface area contributed by atoms with Crippen molar-refractivity contribution in [2.45, 2.75) is 25.0 Å². The Hall–Kier alpha value is -6.17. The minimum atomic E-state index is -1.44. The highest BCUT2D eigenvalue weighted by molar-refractivity contribution is 6.07. The van der Waals surface area contributed by atoms with Gasteiger partial charge in [-0.2, -0.15) is 0 Å². The molecule has 1 atom stereocenters. The number of amides is 5. The van der Waals surface area contributed by atoms with Crippen LogP contribution in [0.2, 0.25) is 0 Å². The fraction of sp³-hybridized carbons (Fsp3) is 0.216.